The summed E-state index contributed by atoms with van der Waals surface area (Å²) in [5.41, 5.74) is 3.34. The van der Waals surface area contributed by atoms with Crippen molar-refractivity contribution in [2.24, 2.45) is 5.73 Å². The van der Waals surface area contributed by atoms with Crippen molar-refractivity contribution in [1.82, 2.24) is 9.29 Å². The van der Waals surface area contributed by atoms with E-state index in [0.29, 0.717) is 18.7 Å². The molecule has 152 valence electrons. The van der Waals surface area contributed by atoms with Crippen molar-refractivity contribution >= 4 is 21.7 Å². The van der Waals surface area contributed by atoms with E-state index in [1.54, 1.807) is 36.5 Å². The molecule has 8 nitrogen and oxygen atoms in total. The van der Waals surface area contributed by atoms with Gasteiger partial charge in [-0.1, -0.05) is 36.1 Å². The molecule has 3 N–H and O–H groups in total. The molecule has 0 aliphatic carbocycles. The molecule has 2 heterocycles. The Morgan fingerprint density at radius 2 is 1.76 bits per heavy atom. The molecule has 0 saturated carbocycles. The number of piperazine rings is 1. The first kappa shape index (κ1) is 20.8. The topological polar surface area (TPSA) is 117 Å². The Balaban J connectivity index is 1.71. The van der Waals surface area contributed by atoms with Crippen molar-refractivity contribution < 1.29 is 18.3 Å². The average molecular weight is 414 g/mol. The number of amides is 1. The smallest absolute Gasteiger partial charge is 0.263 e. The molecule has 2 aromatic rings. The van der Waals surface area contributed by atoms with Crippen LogP contribution in [0.1, 0.15) is 5.56 Å². The van der Waals surface area contributed by atoms with Gasteiger partial charge in [0, 0.05) is 37.9 Å². The highest BCUT2D eigenvalue weighted by molar-refractivity contribution is 7.89. The molecule has 0 spiro atoms. The molecular weight excluding hydrogens is 392 g/mol. The standard InChI is InChI=1S/C20H22N4O4S/c21-19(25)20(26,10-9-17-6-2-1-3-7-17)16-29(27,28)24-14-12-23(13-15-24)18-8-4-5-11-22-18/h1-8,11,26H,12-16H2,(H2,21,25). The van der Waals surface area contributed by atoms with Crippen molar-refractivity contribution in [3.63, 3.8) is 0 Å². The Hall–Kier alpha value is -2.93. The van der Waals surface area contributed by atoms with Crippen LogP contribution in [-0.4, -0.2) is 66.3 Å². The zero-order valence-corrected chi connectivity index (χ0v) is 16.5. The normalized spacial score (nSPS) is 17.1. The number of hydrogen-bond donors (Lipinski definition) is 2. The summed E-state index contributed by atoms with van der Waals surface area (Å²) in [4.78, 5) is 18.0. The Morgan fingerprint density at radius 3 is 2.34 bits per heavy atom. The minimum atomic E-state index is -3.96. The maximum Gasteiger partial charge on any atom is 0.263 e. The van der Waals surface area contributed by atoms with Gasteiger partial charge in [0.1, 0.15) is 11.6 Å². The number of rotatable bonds is 5. The Morgan fingerprint density at radius 1 is 1.10 bits per heavy atom. The van der Waals surface area contributed by atoms with Crippen molar-refractivity contribution in [3.8, 4) is 11.8 Å². The summed E-state index contributed by atoms with van der Waals surface area (Å²) in [5.74, 6) is 3.65. The Bertz CT molecular complexity index is 1010. The van der Waals surface area contributed by atoms with Gasteiger partial charge in [0.25, 0.3) is 5.91 Å². The monoisotopic (exact) mass is 414 g/mol. The number of carbonyl (C=O) groups excluding carboxylic acids is 1. The van der Waals surface area contributed by atoms with E-state index in [9.17, 15) is 18.3 Å². The lowest BCUT2D eigenvalue weighted by Gasteiger charge is -2.35. The third-order valence-electron chi connectivity index (χ3n) is 4.59. The summed E-state index contributed by atoms with van der Waals surface area (Å²) in [6.07, 6.45) is 1.68. The van der Waals surface area contributed by atoms with Gasteiger partial charge in [0.15, 0.2) is 0 Å². The molecule has 1 saturated heterocycles. The Labute approximate surface area is 170 Å². The van der Waals surface area contributed by atoms with E-state index in [1.807, 2.05) is 23.1 Å². The molecular formula is C20H22N4O4S. The van der Waals surface area contributed by atoms with Gasteiger partial charge in [0.2, 0.25) is 15.6 Å². The fourth-order valence-electron chi connectivity index (χ4n) is 2.96. The van der Waals surface area contributed by atoms with Gasteiger partial charge in [-0.25, -0.2) is 13.4 Å². The quantitative estimate of drug-likeness (QED) is 0.655. The van der Waals surface area contributed by atoms with Crippen LogP contribution in [0.3, 0.4) is 0 Å². The average Bonchev–Trinajstić information content (AvgIpc) is 2.73. The van der Waals surface area contributed by atoms with Crippen LogP contribution in [0, 0.1) is 11.8 Å². The van der Waals surface area contributed by atoms with Gasteiger partial charge < -0.3 is 15.7 Å². The first-order valence-electron chi connectivity index (χ1n) is 9.04. The minimum Gasteiger partial charge on any atom is -0.369 e. The van der Waals surface area contributed by atoms with E-state index in [0.717, 1.165) is 5.82 Å². The second-order valence-electron chi connectivity index (χ2n) is 6.67. The lowest BCUT2D eigenvalue weighted by atomic mass is 10.1. The first-order chi connectivity index (χ1) is 13.8. The predicted molar refractivity (Wildman–Crippen MR) is 109 cm³/mol. The number of anilines is 1. The van der Waals surface area contributed by atoms with E-state index in [2.05, 4.69) is 16.8 Å². The summed E-state index contributed by atoms with van der Waals surface area (Å²) in [6.45, 7) is 1.31. The van der Waals surface area contributed by atoms with Gasteiger partial charge in [-0.05, 0) is 24.3 Å². The molecule has 1 atom stereocenters. The number of aromatic nitrogens is 1. The first-order valence-corrected chi connectivity index (χ1v) is 10.7. The number of aliphatic hydroxyl groups is 1. The lowest BCUT2D eigenvalue weighted by molar-refractivity contribution is -0.129. The third kappa shape index (κ3) is 5.12. The van der Waals surface area contributed by atoms with Crippen LogP contribution in [0.5, 0.6) is 0 Å². The molecule has 29 heavy (non-hydrogen) atoms. The highest BCUT2D eigenvalue weighted by Gasteiger charge is 2.41. The summed E-state index contributed by atoms with van der Waals surface area (Å²) in [6, 6.07) is 14.2. The minimum absolute atomic E-state index is 0.208. The van der Waals surface area contributed by atoms with Crippen LogP contribution >= 0.6 is 0 Å². The fourth-order valence-corrected chi connectivity index (χ4v) is 4.60. The second-order valence-corrected chi connectivity index (χ2v) is 8.64. The summed E-state index contributed by atoms with van der Waals surface area (Å²) in [7, 11) is -3.96. The summed E-state index contributed by atoms with van der Waals surface area (Å²) >= 11 is 0. The second kappa shape index (κ2) is 8.61. The molecule has 1 fully saturated rings. The van der Waals surface area contributed by atoms with Crippen molar-refractivity contribution in [2.75, 3.05) is 36.8 Å². The van der Waals surface area contributed by atoms with Gasteiger partial charge in [-0.3, -0.25) is 4.79 Å². The number of primary amides is 1. The van der Waals surface area contributed by atoms with Gasteiger partial charge in [0.05, 0.1) is 0 Å². The maximum absolute atomic E-state index is 12.8. The zero-order valence-electron chi connectivity index (χ0n) is 15.7. The van der Waals surface area contributed by atoms with Crippen LogP contribution in [0.4, 0.5) is 5.82 Å². The highest BCUT2D eigenvalue weighted by Crippen LogP contribution is 2.17. The van der Waals surface area contributed by atoms with Crippen LogP contribution in [0.15, 0.2) is 54.7 Å². The van der Waals surface area contributed by atoms with E-state index in [1.165, 1.54) is 4.31 Å². The number of carbonyl (C=O) groups is 1. The van der Waals surface area contributed by atoms with Gasteiger partial charge in [-0.15, -0.1) is 0 Å². The van der Waals surface area contributed by atoms with Crippen molar-refractivity contribution in [1.29, 1.82) is 0 Å². The highest BCUT2D eigenvalue weighted by atomic mass is 32.2. The largest absolute Gasteiger partial charge is 0.369 e. The van der Waals surface area contributed by atoms with Crippen LogP contribution in [-0.2, 0) is 14.8 Å². The maximum atomic E-state index is 12.8. The van der Waals surface area contributed by atoms with Crippen LogP contribution in [0.25, 0.3) is 0 Å². The molecule has 0 bridgehead atoms. The number of sulfonamides is 1. The zero-order chi connectivity index (χ0) is 20.9. The number of nitrogens with two attached hydrogens (primary N) is 1. The van der Waals surface area contributed by atoms with E-state index in [-0.39, 0.29) is 13.1 Å². The Kier molecular flexibility index (Phi) is 6.17. The molecule has 9 heteroatoms. The number of hydrogen-bond acceptors (Lipinski definition) is 6. The molecule has 1 aromatic heterocycles. The van der Waals surface area contributed by atoms with E-state index < -0.39 is 27.3 Å². The van der Waals surface area contributed by atoms with Gasteiger partial charge >= 0.3 is 0 Å². The third-order valence-corrected chi connectivity index (χ3v) is 6.53. The number of pyridine rings is 1. The van der Waals surface area contributed by atoms with E-state index >= 15 is 0 Å². The lowest BCUT2D eigenvalue weighted by Crippen LogP contribution is -2.55. The summed E-state index contributed by atoms with van der Waals surface area (Å²) in [5, 5.41) is 10.6. The van der Waals surface area contributed by atoms with E-state index in [4.69, 9.17) is 5.73 Å². The van der Waals surface area contributed by atoms with Gasteiger partial charge in [-0.2, -0.15) is 4.31 Å². The predicted octanol–water partition coefficient (Wildman–Crippen LogP) is -0.198. The fraction of sp³-hybridized carbons (Fsp3) is 0.300. The SMILES string of the molecule is NC(=O)C(O)(C#Cc1ccccc1)CS(=O)(=O)N1CCN(c2ccccn2)CC1. The molecule has 3 rings (SSSR count). The summed E-state index contributed by atoms with van der Waals surface area (Å²) < 4.78 is 26.9. The molecule has 0 radical (unpaired) electrons. The molecule has 1 aromatic carbocycles. The molecule has 1 aliphatic rings. The molecule has 1 amide bonds. The van der Waals surface area contributed by atoms with Crippen molar-refractivity contribution in [2.45, 2.75) is 5.60 Å². The molecule has 1 unspecified atom stereocenters. The molecule has 1 aliphatic heterocycles. The van der Waals surface area contributed by atoms with Crippen LogP contribution in [0.2, 0.25) is 0 Å². The number of benzene rings is 1. The van der Waals surface area contributed by atoms with Crippen LogP contribution < -0.4 is 10.6 Å². The number of nitrogens with zero attached hydrogens (tertiary/aromatic N) is 3. The van der Waals surface area contributed by atoms with Crippen molar-refractivity contribution in [3.05, 3.63) is 60.3 Å².